The van der Waals surface area contributed by atoms with Crippen LogP contribution in [0.5, 0.6) is 0 Å². The van der Waals surface area contributed by atoms with E-state index >= 15 is 0 Å². The summed E-state index contributed by atoms with van der Waals surface area (Å²) >= 11 is 0. The van der Waals surface area contributed by atoms with Crippen LogP contribution in [-0.2, 0) is 22.8 Å². The van der Waals surface area contributed by atoms with Gasteiger partial charge < -0.3 is 0 Å². The molecule has 3 heterocycles. The minimum absolute atomic E-state index is 0.192. The molecule has 1 N–H and O–H groups in total. The number of nitrogens with zero attached hydrogens (tertiary/aromatic N) is 3. The molecule has 1 saturated heterocycles. The number of rotatable bonds is 6. The number of likely N-dealkylation sites (tertiary alicyclic amines) is 1. The molecule has 1 fully saturated rings. The highest BCUT2D eigenvalue weighted by Crippen LogP contribution is 2.31. The number of pyridine rings is 1. The zero-order chi connectivity index (χ0) is 21.1. The van der Waals surface area contributed by atoms with E-state index in [4.69, 9.17) is 0 Å². The molecule has 0 amide bonds. The van der Waals surface area contributed by atoms with Gasteiger partial charge in [0.1, 0.15) is 0 Å². The summed E-state index contributed by atoms with van der Waals surface area (Å²) in [5.74, 6) is 0.479. The van der Waals surface area contributed by atoms with Crippen LogP contribution in [-0.4, -0.2) is 47.8 Å². The number of piperidine rings is 1. The van der Waals surface area contributed by atoms with E-state index < -0.39 is 9.84 Å². The molecule has 1 aliphatic rings. The molecular formula is C23H28N4O2S. The highest BCUT2D eigenvalue weighted by atomic mass is 32.2. The number of hydrogen-bond donors (Lipinski definition) is 1. The fraction of sp³-hybridized carbons (Fsp3) is 0.391. The van der Waals surface area contributed by atoms with Crippen LogP contribution >= 0.6 is 0 Å². The van der Waals surface area contributed by atoms with Crippen molar-refractivity contribution in [2.45, 2.75) is 43.7 Å². The maximum absolute atomic E-state index is 11.9. The maximum Gasteiger partial charge on any atom is 0.193 e. The summed E-state index contributed by atoms with van der Waals surface area (Å²) in [5.41, 5.74) is 5.64. The summed E-state index contributed by atoms with van der Waals surface area (Å²) in [5, 5.41) is 7.76. The normalized spacial score (nSPS) is 16.1. The number of benzene rings is 1. The summed E-state index contributed by atoms with van der Waals surface area (Å²) in [6.07, 6.45) is 7.81. The third-order valence-electron chi connectivity index (χ3n) is 6.00. The summed E-state index contributed by atoms with van der Waals surface area (Å²) < 4.78 is 23.9. The number of H-pyrrole nitrogens is 1. The van der Waals surface area contributed by atoms with Crippen molar-refractivity contribution in [1.82, 2.24) is 20.1 Å². The van der Waals surface area contributed by atoms with E-state index in [-0.39, 0.29) is 5.03 Å². The highest BCUT2D eigenvalue weighted by Gasteiger charge is 2.25. The average Bonchev–Trinajstić information content (AvgIpc) is 3.18. The van der Waals surface area contributed by atoms with Gasteiger partial charge in [-0.3, -0.25) is 10.00 Å². The van der Waals surface area contributed by atoms with Gasteiger partial charge in [0, 0.05) is 37.0 Å². The van der Waals surface area contributed by atoms with Gasteiger partial charge in [-0.15, -0.1) is 0 Å². The summed E-state index contributed by atoms with van der Waals surface area (Å²) in [7, 11) is -3.31. The minimum Gasteiger partial charge on any atom is -0.299 e. The molecule has 0 atom stereocenters. The monoisotopic (exact) mass is 424 g/mol. The number of hydrogen-bond acceptors (Lipinski definition) is 5. The molecule has 1 aromatic carbocycles. The van der Waals surface area contributed by atoms with Gasteiger partial charge in [0.15, 0.2) is 14.9 Å². The first-order chi connectivity index (χ1) is 14.4. The van der Waals surface area contributed by atoms with Gasteiger partial charge >= 0.3 is 0 Å². The van der Waals surface area contributed by atoms with Crippen LogP contribution in [0.15, 0.2) is 53.8 Å². The molecule has 0 bridgehead atoms. The van der Waals surface area contributed by atoms with Crippen LogP contribution in [0.25, 0.3) is 0 Å². The predicted molar refractivity (Wildman–Crippen MR) is 117 cm³/mol. The third-order valence-corrected chi connectivity index (χ3v) is 7.11. The molecule has 30 heavy (non-hydrogen) atoms. The molecule has 0 saturated carbocycles. The van der Waals surface area contributed by atoms with Crippen LogP contribution in [0.3, 0.4) is 0 Å². The third kappa shape index (κ3) is 4.63. The molecule has 1 aliphatic heterocycles. The quantitative estimate of drug-likeness (QED) is 0.655. The number of aromatic nitrogens is 3. The SMILES string of the molecule is Cc1c(CN2CCC(c3[nH]ncc3Cc3ccccc3)CC2)ccnc1S(C)(=O)=O. The molecule has 0 unspecified atom stereocenters. The Morgan fingerprint density at radius 2 is 1.83 bits per heavy atom. The Labute approximate surface area is 178 Å². The molecule has 4 rings (SSSR count). The van der Waals surface area contributed by atoms with Crippen molar-refractivity contribution in [2.24, 2.45) is 0 Å². The maximum atomic E-state index is 11.9. The molecule has 2 aromatic heterocycles. The zero-order valence-electron chi connectivity index (χ0n) is 17.5. The molecule has 0 aliphatic carbocycles. The molecular weight excluding hydrogens is 396 g/mol. The molecule has 3 aromatic rings. The van der Waals surface area contributed by atoms with E-state index in [1.54, 1.807) is 6.20 Å². The van der Waals surface area contributed by atoms with Crippen molar-refractivity contribution in [2.75, 3.05) is 19.3 Å². The highest BCUT2D eigenvalue weighted by molar-refractivity contribution is 7.90. The summed E-state index contributed by atoms with van der Waals surface area (Å²) in [6, 6.07) is 12.4. The minimum atomic E-state index is -3.31. The van der Waals surface area contributed by atoms with E-state index in [2.05, 4.69) is 44.3 Å². The van der Waals surface area contributed by atoms with Crippen LogP contribution in [0.2, 0.25) is 0 Å². The van der Waals surface area contributed by atoms with E-state index in [9.17, 15) is 8.42 Å². The summed E-state index contributed by atoms with van der Waals surface area (Å²) in [6.45, 7) is 4.56. The number of aromatic amines is 1. The van der Waals surface area contributed by atoms with Crippen LogP contribution < -0.4 is 0 Å². The molecule has 6 nitrogen and oxygen atoms in total. The Hall–Kier alpha value is -2.51. The Kier molecular flexibility index (Phi) is 6.01. The molecule has 7 heteroatoms. The smallest absolute Gasteiger partial charge is 0.193 e. The van der Waals surface area contributed by atoms with Gasteiger partial charge in [0.25, 0.3) is 0 Å². The predicted octanol–water partition coefficient (Wildman–Crippen LogP) is 3.49. The standard InChI is InChI=1S/C23H28N4O2S/c1-17-20(8-11-24-23(17)30(2,28)29)16-27-12-9-19(10-13-27)22-21(15-25-26-22)14-18-6-4-3-5-7-18/h3-8,11,15,19H,9-10,12-14,16H2,1-2H3,(H,25,26). The van der Waals surface area contributed by atoms with Crippen molar-refractivity contribution in [1.29, 1.82) is 0 Å². The average molecular weight is 425 g/mol. The first-order valence-corrected chi connectivity index (χ1v) is 12.2. The Balaban J connectivity index is 1.41. The first-order valence-electron chi connectivity index (χ1n) is 10.3. The van der Waals surface area contributed by atoms with Gasteiger partial charge in [-0.05, 0) is 61.2 Å². The lowest BCUT2D eigenvalue weighted by atomic mass is 9.89. The number of nitrogens with one attached hydrogen (secondary N) is 1. The van der Waals surface area contributed by atoms with Crippen molar-refractivity contribution < 1.29 is 8.42 Å². The topological polar surface area (TPSA) is 79.0 Å². The Bertz CT molecular complexity index is 1100. The lowest BCUT2D eigenvalue weighted by molar-refractivity contribution is 0.202. The molecule has 0 radical (unpaired) electrons. The first kappa shape index (κ1) is 20.8. The van der Waals surface area contributed by atoms with Gasteiger partial charge in [0.05, 0.1) is 6.20 Å². The van der Waals surface area contributed by atoms with E-state index in [0.29, 0.717) is 5.92 Å². The fourth-order valence-corrected chi connectivity index (χ4v) is 5.29. The van der Waals surface area contributed by atoms with Crippen LogP contribution in [0, 0.1) is 6.92 Å². The lowest BCUT2D eigenvalue weighted by Gasteiger charge is -2.32. The van der Waals surface area contributed by atoms with Crippen molar-refractivity contribution >= 4 is 9.84 Å². The van der Waals surface area contributed by atoms with Gasteiger partial charge in [0.2, 0.25) is 0 Å². The zero-order valence-corrected chi connectivity index (χ0v) is 18.3. The van der Waals surface area contributed by atoms with Gasteiger partial charge in [-0.2, -0.15) is 5.10 Å². The number of sulfone groups is 1. The second-order valence-corrected chi connectivity index (χ2v) is 10.1. The molecule has 158 valence electrons. The van der Waals surface area contributed by atoms with Crippen LogP contribution in [0.1, 0.15) is 46.7 Å². The lowest BCUT2D eigenvalue weighted by Crippen LogP contribution is -2.33. The van der Waals surface area contributed by atoms with Crippen molar-refractivity contribution in [3.8, 4) is 0 Å². The fourth-order valence-electron chi connectivity index (χ4n) is 4.35. The van der Waals surface area contributed by atoms with Crippen LogP contribution in [0.4, 0.5) is 0 Å². The Morgan fingerprint density at radius 1 is 1.10 bits per heavy atom. The molecule has 0 spiro atoms. The second-order valence-electron chi connectivity index (χ2n) is 8.19. The largest absolute Gasteiger partial charge is 0.299 e. The second kappa shape index (κ2) is 8.70. The van der Waals surface area contributed by atoms with Crippen molar-refractivity contribution in [3.63, 3.8) is 0 Å². The van der Waals surface area contributed by atoms with E-state index in [0.717, 1.165) is 50.0 Å². The van der Waals surface area contributed by atoms with Crippen molar-refractivity contribution in [3.05, 3.63) is 76.7 Å². The summed E-state index contributed by atoms with van der Waals surface area (Å²) in [4.78, 5) is 6.48. The van der Waals surface area contributed by atoms with E-state index in [1.807, 2.05) is 25.3 Å². The Morgan fingerprint density at radius 3 is 2.53 bits per heavy atom. The van der Waals surface area contributed by atoms with Gasteiger partial charge in [-0.1, -0.05) is 30.3 Å². The van der Waals surface area contributed by atoms with Gasteiger partial charge in [-0.25, -0.2) is 13.4 Å². The van der Waals surface area contributed by atoms with E-state index in [1.165, 1.54) is 23.1 Å².